The number of hydrogen-bond donors (Lipinski definition) is 1. The molecule has 132 valence electrons. The first-order valence-corrected chi connectivity index (χ1v) is 9.35. The first-order valence-electron chi connectivity index (χ1n) is 7.52. The zero-order valence-corrected chi connectivity index (χ0v) is 14.7. The highest BCUT2D eigenvalue weighted by Crippen LogP contribution is 2.12. The summed E-state index contributed by atoms with van der Waals surface area (Å²) in [5.74, 6) is -3.47. The zero-order chi connectivity index (χ0) is 18.6. The van der Waals surface area contributed by atoms with Crippen LogP contribution in [0.2, 0.25) is 0 Å². The molecule has 0 aliphatic heterocycles. The summed E-state index contributed by atoms with van der Waals surface area (Å²) in [6.45, 7) is 3.33. The van der Waals surface area contributed by atoms with Gasteiger partial charge in [-0.15, -0.1) is 0 Å². The molecule has 0 saturated heterocycles. The Morgan fingerprint density at radius 1 is 1.04 bits per heavy atom. The first-order chi connectivity index (χ1) is 11.7. The van der Waals surface area contributed by atoms with E-state index in [1.165, 1.54) is 19.1 Å². The van der Waals surface area contributed by atoms with E-state index >= 15 is 0 Å². The number of Topliss-reactive ketones (excluding diaryl/α,β-unsaturated/α-hetero) is 1. The van der Waals surface area contributed by atoms with Crippen molar-refractivity contribution in [3.8, 4) is 0 Å². The van der Waals surface area contributed by atoms with E-state index in [-0.39, 0.29) is 11.1 Å². The SMILES string of the molecule is Cc1cccc(NC(=O)CS(=O)(=O)CC(=O)c2ccc(F)c(C)c2)c1. The number of hydrogen-bond acceptors (Lipinski definition) is 4. The van der Waals surface area contributed by atoms with Crippen molar-refractivity contribution in [2.24, 2.45) is 0 Å². The fourth-order valence-electron chi connectivity index (χ4n) is 2.27. The molecule has 0 bridgehead atoms. The van der Waals surface area contributed by atoms with Crippen molar-refractivity contribution in [1.29, 1.82) is 0 Å². The number of benzene rings is 2. The number of anilines is 1. The highest BCUT2D eigenvalue weighted by molar-refractivity contribution is 7.92. The number of aryl methyl sites for hydroxylation is 2. The standard InChI is InChI=1S/C18H18FNO4S/c1-12-4-3-5-15(8-12)20-18(22)11-25(23,24)10-17(21)14-6-7-16(19)13(2)9-14/h3-9H,10-11H2,1-2H3,(H,20,22). The lowest BCUT2D eigenvalue weighted by Crippen LogP contribution is -2.27. The summed E-state index contributed by atoms with van der Waals surface area (Å²) in [6.07, 6.45) is 0. The Hall–Kier alpha value is -2.54. The molecule has 0 aliphatic carbocycles. The van der Waals surface area contributed by atoms with Gasteiger partial charge in [0.1, 0.15) is 17.3 Å². The molecule has 0 heterocycles. The second-order valence-corrected chi connectivity index (χ2v) is 7.90. The van der Waals surface area contributed by atoms with Gasteiger partial charge in [0.05, 0.1) is 0 Å². The van der Waals surface area contributed by atoms with E-state index in [0.717, 1.165) is 11.6 Å². The third kappa shape index (κ3) is 5.49. The van der Waals surface area contributed by atoms with Gasteiger partial charge in [-0.2, -0.15) is 0 Å². The zero-order valence-electron chi connectivity index (χ0n) is 13.9. The molecule has 0 atom stereocenters. The number of nitrogens with one attached hydrogen (secondary N) is 1. The molecule has 1 amide bonds. The monoisotopic (exact) mass is 363 g/mol. The minimum absolute atomic E-state index is 0.0987. The highest BCUT2D eigenvalue weighted by atomic mass is 32.2. The number of carbonyl (C=O) groups is 2. The summed E-state index contributed by atoms with van der Waals surface area (Å²) < 4.78 is 37.4. The van der Waals surface area contributed by atoms with Crippen molar-refractivity contribution in [3.05, 3.63) is 65.0 Å². The number of halogens is 1. The van der Waals surface area contributed by atoms with Gasteiger partial charge >= 0.3 is 0 Å². The van der Waals surface area contributed by atoms with E-state index in [2.05, 4.69) is 5.32 Å². The van der Waals surface area contributed by atoms with Gasteiger partial charge in [0.25, 0.3) is 0 Å². The third-order valence-electron chi connectivity index (χ3n) is 3.48. The van der Waals surface area contributed by atoms with Gasteiger partial charge in [-0.1, -0.05) is 12.1 Å². The number of sulfone groups is 1. The smallest absolute Gasteiger partial charge is 0.239 e. The van der Waals surface area contributed by atoms with E-state index in [1.807, 2.05) is 13.0 Å². The molecule has 0 fully saturated rings. The molecule has 0 aliphatic rings. The summed E-state index contributed by atoms with van der Waals surface area (Å²) in [5, 5.41) is 2.49. The lowest BCUT2D eigenvalue weighted by molar-refractivity contribution is -0.113. The fraction of sp³-hybridized carbons (Fsp3) is 0.222. The summed E-state index contributed by atoms with van der Waals surface area (Å²) in [6, 6.07) is 10.6. The minimum Gasteiger partial charge on any atom is -0.325 e. The number of carbonyl (C=O) groups excluding carboxylic acids is 2. The Balaban J connectivity index is 2.02. The van der Waals surface area contributed by atoms with Crippen LogP contribution in [0.3, 0.4) is 0 Å². The Morgan fingerprint density at radius 2 is 1.76 bits per heavy atom. The van der Waals surface area contributed by atoms with E-state index in [0.29, 0.717) is 5.69 Å². The van der Waals surface area contributed by atoms with Crippen LogP contribution in [0.4, 0.5) is 10.1 Å². The molecule has 0 unspecified atom stereocenters. The number of amides is 1. The summed E-state index contributed by atoms with van der Waals surface area (Å²) >= 11 is 0. The van der Waals surface area contributed by atoms with Crippen LogP contribution in [0.5, 0.6) is 0 Å². The molecule has 2 aromatic rings. The average Bonchev–Trinajstić information content (AvgIpc) is 2.48. The lowest BCUT2D eigenvalue weighted by Gasteiger charge is -2.07. The van der Waals surface area contributed by atoms with Crippen molar-refractivity contribution < 1.29 is 22.4 Å². The Kier molecular flexibility index (Phi) is 5.69. The summed E-state index contributed by atoms with van der Waals surface area (Å²) in [7, 11) is -3.94. The maximum atomic E-state index is 13.2. The van der Waals surface area contributed by atoms with Crippen LogP contribution in [0.15, 0.2) is 42.5 Å². The van der Waals surface area contributed by atoms with Crippen LogP contribution in [0.25, 0.3) is 0 Å². The van der Waals surface area contributed by atoms with Crippen LogP contribution in [0.1, 0.15) is 21.5 Å². The first kappa shape index (κ1) is 18.8. The molecule has 2 rings (SSSR count). The average molecular weight is 363 g/mol. The van der Waals surface area contributed by atoms with Crippen molar-refractivity contribution in [2.75, 3.05) is 16.8 Å². The van der Waals surface area contributed by atoms with Crippen LogP contribution in [0, 0.1) is 19.7 Å². The normalized spacial score (nSPS) is 11.2. The van der Waals surface area contributed by atoms with Gasteiger partial charge in [0, 0.05) is 11.3 Å². The maximum absolute atomic E-state index is 13.2. The van der Waals surface area contributed by atoms with Gasteiger partial charge in [0.15, 0.2) is 15.6 Å². The molecule has 7 heteroatoms. The molecule has 25 heavy (non-hydrogen) atoms. The van der Waals surface area contributed by atoms with Crippen molar-refractivity contribution in [2.45, 2.75) is 13.8 Å². The molecule has 0 spiro atoms. The molecule has 0 aromatic heterocycles. The van der Waals surface area contributed by atoms with E-state index < -0.39 is 38.9 Å². The minimum atomic E-state index is -3.94. The second kappa shape index (κ2) is 7.57. The maximum Gasteiger partial charge on any atom is 0.239 e. The Bertz CT molecular complexity index is 922. The van der Waals surface area contributed by atoms with Crippen LogP contribution >= 0.6 is 0 Å². The highest BCUT2D eigenvalue weighted by Gasteiger charge is 2.22. The quantitative estimate of drug-likeness (QED) is 0.800. The van der Waals surface area contributed by atoms with Crippen molar-refractivity contribution in [3.63, 3.8) is 0 Å². The van der Waals surface area contributed by atoms with Crippen molar-refractivity contribution >= 4 is 27.2 Å². The number of rotatable bonds is 6. The predicted octanol–water partition coefficient (Wildman–Crippen LogP) is 2.68. The van der Waals surface area contributed by atoms with E-state index in [4.69, 9.17) is 0 Å². The molecule has 0 radical (unpaired) electrons. The topological polar surface area (TPSA) is 80.3 Å². The summed E-state index contributed by atoms with van der Waals surface area (Å²) in [4.78, 5) is 24.0. The van der Waals surface area contributed by atoms with Gasteiger partial charge in [-0.3, -0.25) is 9.59 Å². The fourth-order valence-corrected chi connectivity index (χ4v) is 3.41. The molecular formula is C18H18FNO4S. The van der Waals surface area contributed by atoms with Gasteiger partial charge in [0.2, 0.25) is 5.91 Å². The van der Waals surface area contributed by atoms with Crippen molar-refractivity contribution in [1.82, 2.24) is 0 Å². The third-order valence-corrected chi connectivity index (χ3v) is 4.89. The molecule has 0 saturated carbocycles. The molecule has 1 N–H and O–H groups in total. The second-order valence-electron chi connectivity index (χ2n) is 5.84. The largest absolute Gasteiger partial charge is 0.325 e. The van der Waals surface area contributed by atoms with Gasteiger partial charge in [-0.05, 0) is 55.3 Å². The molecular weight excluding hydrogens is 345 g/mol. The van der Waals surface area contributed by atoms with Gasteiger partial charge in [-0.25, -0.2) is 12.8 Å². The van der Waals surface area contributed by atoms with Crippen LogP contribution in [-0.4, -0.2) is 31.6 Å². The van der Waals surface area contributed by atoms with Crippen LogP contribution < -0.4 is 5.32 Å². The molecule has 2 aromatic carbocycles. The predicted molar refractivity (Wildman–Crippen MR) is 93.9 cm³/mol. The van der Waals surface area contributed by atoms with E-state index in [9.17, 15) is 22.4 Å². The molecule has 5 nitrogen and oxygen atoms in total. The Morgan fingerprint density at radius 3 is 2.40 bits per heavy atom. The van der Waals surface area contributed by atoms with Gasteiger partial charge < -0.3 is 5.32 Å². The van der Waals surface area contributed by atoms with E-state index in [1.54, 1.807) is 18.2 Å². The summed E-state index contributed by atoms with van der Waals surface area (Å²) in [5.41, 5.74) is 1.75. The van der Waals surface area contributed by atoms with Crippen LogP contribution in [-0.2, 0) is 14.6 Å². The lowest BCUT2D eigenvalue weighted by atomic mass is 10.1. The Labute approximate surface area is 145 Å². The number of ketones is 1.